The molecule has 0 saturated heterocycles. The molecule has 0 fully saturated rings. The van der Waals surface area contributed by atoms with Crippen molar-refractivity contribution in [3.05, 3.63) is 28.0 Å². The fourth-order valence-corrected chi connectivity index (χ4v) is 1.60. The van der Waals surface area contributed by atoms with Gasteiger partial charge in [0, 0.05) is 0 Å². The topological polar surface area (TPSA) is 36.7 Å². The van der Waals surface area contributed by atoms with E-state index in [1.807, 2.05) is 0 Å². The summed E-state index contributed by atoms with van der Waals surface area (Å²) >= 11 is 11.2. The van der Waals surface area contributed by atoms with Crippen LogP contribution in [0.1, 0.15) is 23.4 Å². The summed E-state index contributed by atoms with van der Waals surface area (Å²) in [5, 5.41) is 8.66. The van der Waals surface area contributed by atoms with E-state index < -0.39 is 12.1 Å². The second-order valence-corrected chi connectivity index (χ2v) is 3.40. The SMILES string of the molecule is N#CCc1cc(Cl)c(CCl)nc1C(F)F. The van der Waals surface area contributed by atoms with Gasteiger partial charge in [-0.2, -0.15) is 5.26 Å². The zero-order valence-corrected chi connectivity index (χ0v) is 8.99. The molecule has 0 atom stereocenters. The fraction of sp³-hybridized carbons (Fsp3) is 0.333. The maximum atomic E-state index is 12.5. The predicted molar refractivity (Wildman–Crippen MR) is 53.1 cm³/mol. The van der Waals surface area contributed by atoms with Gasteiger partial charge in [0.2, 0.25) is 0 Å². The highest BCUT2D eigenvalue weighted by Crippen LogP contribution is 2.26. The van der Waals surface area contributed by atoms with Crippen molar-refractivity contribution in [1.82, 2.24) is 4.98 Å². The van der Waals surface area contributed by atoms with E-state index in [2.05, 4.69) is 4.98 Å². The Balaban J connectivity index is 3.26. The molecule has 80 valence electrons. The summed E-state index contributed by atoms with van der Waals surface area (Å²) in [6, 6.07) is 3.10. The summed E-state index contributed by atoms with van der Waals surface area (Å²) in [7, 11) is 0. The molecule has 2 nitrogen and oxygen atoms in total. The van der Waals surface area contributed by atoms with E-state index in [1.54, 1.807) is 6.07 Å². The molecule has 15 heavy (non-hydrogen) atoms. The summed E-state index contributed by atoms with van der Waals surface area (Å²) in [6.45, 7) is 0. The Morgan fingerprint density at radius 3 is 2.67 bits per heavy atom. The highest BCUT2D eigenvalue weighted by molar-refractivity contribution is 6.32. The maximum Gasteiger partial charge on any atom is 0.280 e. The molecule has 0 aliphatic carbocycles. The minimum absolute atomic E-state index is 0.0363. The molecule has 1 aromatic rings. The van der Waals surface area contributed by atoms with E-state index in [-0.39, 0.29) is 28.6 Å². The van der Waals surface area contributed by atoms with Gasteiger partial charge in [-0.15, -0.1) is 11.6 Å². The molecular formula is C9H6Cl2F2N2. The van der Waals surface area contributed by atoms with E-state index >= 15 is 0 Å². The van der Waals surface area contributed by atoms with Crippen molar-refractivity contribution in [2.75, 3.05) is 0 Å². The molecule has 0 aromatic carbocycles. The highest BCUT2D eigenvalue weighted by atomic mass is 35.5. The number of nitriles is 1. The van der Waals surface area contributed by atoms with Crippen molar-refractivity contribution in [2.24, 2.45) is 0 Å². The number of hydrogen-bond donors (Lipinski definition) is 0. The summed E-state index contributed by atoms with van der Waals surface area (Å²) in [5.74, 6) is -0.0363. The number of rotatable bonds is 3. The number of halogens is 4. The van der Waals surface area contributed by atoms with Crippen molar-refractivity contribution in [2.45, 2.75) is 18.7 Å². The van der Waals surface area contributed by atoms with Crippen LogP contribution in [0.4, 0.5) is 8.78 Å². The Morgan fingerprint density at radius 2 is 2.20 bits per heavy atom. The number of pyridine rings is 1. The first-order valence-corrected chi connectivity index (χ1v) is 4.90. The third-order valence-corrected chi connectivity index (χ3v) is 2.34. The smallest absolute Gasteiger partial charge is 0.249 e. The second-order valence-electron chi connectivity index (χ2n) is 2.73. The summed E-state index contributed by atoms with van der Waals surface area (Å²) in [4.78, 5) is 3.64. The van der Waals surface area contributed by atoms with Crippen LogP contribution in [-0.4, -0.2) is 4.98 Å². The van der Waals surface area contributed by atoms with Crippen molar-refractivity contribution in [3.63, 3.8) is 0 Å². The van der Waals surface area contributed by atoms with Gasteiger partial charge in [-0.05, 0) is 11.6 Å². The van der Waals surface area contributed by atoms with Gasteiger partial charge in [-0.3, -0.25) is 0 Å². The largest absolute Gasteiger partial charge is 0.280 e. The predicted octanol–water partition coefficient (Wildman–Crippen LogP) is 3.48. The average Bonchev–Trinajstić information content (AvgIpc) is 2.18. The lowest BCUT2D eigenvalue weighted by atomic mass is 10.1. The van der Waals surface area contributed by atoms with Crippen molar-refractivity contribution in [1.29, 1.82) is 5.26 Å². The van der Waals surface area contributed by atoms with Gasteiger partial charge >= 0.3 is 0 Å². The molecule has 1 heterocycles. The zero-order chi connectivity index (χ0) is 11.4. The Bertz CT molecular complexity index is 402. The minimum Gasteiger partial charge on any atom is -0.249 e. The Hall–Kier alpha value is -0.920. The van der Waals surface area contributed by atoms with Crippen molar-refractivity contribution < 1.29 is 8.78 Å². The second kappa shape index (κ2) is 5.24. The number of hydrogen-bond acceptors (Lipinski definition) is 2. The van der Waals surface area contributed by atoms with Crippen LogP contribution in [0.3, 0.4) is 0 Å². The molecule has 0 unspecified atom stereocenters. The third kappa shape index (κ3) is 2.77. The molecule has 1 aromatic heterocycles. The van der Waals surface area contributed by atoms with Gasteiger partial charge in [0.05, 0.1) is 29.1 Å². The normalized spacial score (nSPS) is 10.4. The van der Waals surface area contributed by atoms with E-state index in [4.69, 9.17) is 28.5 Å². The summed E-state index contributed by atoms with van der Waals surface area (Å²) in [6.07, 6.45) is -2.87. The molecule has 6 heteroatoms. The minimum atomic E-state index is -2.73. The van der Waals surface area contributed by atoms with Crippen LogP contribution in [0.25, 0.3) is 0 Å². The monoisotopic (exact) mass is 250 g/mol. The first-order valence-electron chi connectivity index (χ1n) is 3.99. The third-order valence-electron chi connectivity index (χ3n) is 1.76. The average molecular weight is 251 g/mol. The number of alkyl halides is 3. The maximum absolute atomic E-state index is 12.5. The molecule has 0 N–H and O–H groups in total. The van der Waals surface area contributed by atoms with E-state index in [9.17, 15) is 8.78 Å². The van der Waals surface area contributed by atoms with Crippen LogP contribution in [0.5, 0.6) is 0 Å². The van der Waals surface area contributed by atoms with E-state index in [0.717, 1.165) is 0 Å². The lowest BCUT2D eigenvalue weighted by Gasteiger charge is -2.08. The lowest BCUT2D eigenvalue weighted by molar-refractivity contribution is 0.145. The van der Waals surface area contributed by atoms with E-state index in [0.29, 0.717) is 0 Å². The Kier molecular flexibility index (Phi) is 4.25. The highest BCUT2D eigenvalue weighted by Gasteiger charge is 2.17. The van der Waals surface area contributed by atoms with Gasteiger partial charge in [-0.1, -0.05) is 11.6 Å². The van der Waals surface area contributed by atoms with Crippen LogP contribution < -0.4 is 0 Å². The molecular weight excluding hydrogens is 245 g/mol. The molecule has 0 amide bonds. The quantitative estimate of drug-likeness (QED) is 0.771. The van der Waals surface area contributed by atoms with Gasteiger partial charge in [0.15, 0.2) is 0 Å². The molecule has 0 aliphatic rings. The van der Waals surface area contributed by atoms with Crippen LogP contribution in [0, 0.1) is 11.3 Å². The summed E-state index contributed by atoms with van der Waals surface area (Å²) in [5.41, 5.74) is -0.0710. The van der Waals surface area contributed by atoms with Gasteiger partial charge in [0.25, 0.3) is 6.43 Å². The Labute approximate surface area is 95.4 Å². The lowest BCUT2D eigenvalue weighted by Crippen LogP contribution is -2.01. The summed E-state index contributed by atoms with van der Waals surface area (Å²) < 4.78 is 25.1. The first kappa shape index (κ1) is 12.2. The molecule has 0 aliphatic heterocycles. The molecule has 0 radical (unpaired) electrons. The number of aromatic nitrogens is 1. The van der Waals surface area contributed by atoms with Crippen LogP contribution in [-0.2, 0) is 12.3 Å². The van der Waals surface area contributed by atoms with Crippen molar-refractivity contribution >= 4 is 23.2 Å². The van der Waals surface area contributed by atoms with Crippen molar-refractivity contribution in [3.8, 4) is 6.07 Å². The van der Waals surface area contributed by atoms with Crippen LogP contribution in [0.15, 0.2) is 6.07 Å². The fourth-order valence-electron chi connectivity index (χ4n) is 1.09. The zero-order valence-electron chi connectivity index (χ0n) is 7.48. The van der Waals surface area contributed by atoms with Gasteiger partial charge in [-0.25, -0.2) is 13.8 Å². The van der Waals surface area contributed by atoms with Crippen LogP contribution in [0.2, 0.25) is 5.02 Å². The van der Waals surface area contributed by atoms with E-state index in [1.165, 1.54) is 6.07 Å². The Morgan fingerprint density at radius 1 is 1.53 bits per heavy atom. The molecule has 0 bridgehead atoms. The standard InChI is InChI=1S/C9H6Cl2F2N2/c10-4-7-6(11)3-5(1-2-14)8(15-7)9(12)13/h3,9H,1,4H2. The van der Waals surface area contributed by atoms with Gasteiger partial charge < -0.3 is 0 Å². The molecule has 1 rings (SSSR count). The van der Waals surface area contributed by atoms with Crippen LogP contribution >= 0.6 is 23.2 Å². The first-order chi connectivity index (χ1) is 7.10. The molecule has 0 spiro atoms. The number of nitrogens with zero attached hydrogens (tertiary/aromatic N) is 2. The van der Waals surface area contributed by atoms with Gasteiger partial charge in [0.1, 0.15) is 5.69 Å². The molecule has 0 saturated carbocycles.